The average molecular weight is 207 g/mol. The van der Waals surface area contributed by atoms with Gasteiger partial charge < -0.3 is 15.2 Å². The van der Waals surface area contributed by atoms with Crippen LogP contribution >= 0.6 is 0 Å². The van der Waals surface area contributed by atoms with Crippen molar-refractivity contribution in [3.63, 3.8) is 0 Å². The Bertz CT molecular complexity index is 361. The summed E-state index contributed by atoms with van der Waals surface area (Å²) in [4.78, 5) is 0. The Morgan fingerprint density at radius 2 is 2.00 bits per heavy atom. The molecule has 0 aliphatic heterocycles. The second-order valence-electron chi connectivity index (χ2n) is 3.43. The van der Waals surface area contributed by atoms with Crippen LogP contribution in [0.3, 0.4) is 0 Å². The van der Waals surface area contributed by atoms with Crippen LogP contribution in [0.2, 0.25) is 0 Å². The lowest BCUT2D eigenvalue weighted by Gasteiger charge is -2.16. The van der Waals surface area contributed by atoms with Crippen LogP contribution in [0.4, 0.5) is 0 Å². The van der Waals surface area contributed by atoms with Crippen molar-refractivity contribution in [2.24, 2.45) is 5.73 Å². The van der Waals surface area contributed by atoms with Gasteiger partial charge in [0.25, 0.3) is 0 Å². The number of ether oxygens (including phenoxy) is 2. The van der Waals surface area contributed by atoms with Crippen LogP contribution in [0, 0.1) is 0 Å². The maximum absolute atomic E-state index is 6.00. The van der Waals surface area contributed by atoms with Crippen molar-refractivity contribution in [1.29, 1.82) is 0 Å². The highest BCUT2D eigenvalue weighted by Gasteiger charge is 2.13. The van der Waals surface area contributed by atoms with E-state index in [0.29, 0.717) is 0 Å². The quantitative estimate of drug-likeness (QED) is 0.770. The number of hydrogen-bond donors (Lipinski definition) is 1. The fraction of sp³-hybridized carbons (Fsp3) is 0.333. The van der Waals surface area contributed by atoms with E-state index in [9.17, 15) is 0 Å². The molecule has 1 aromatic rings. The molecule has 3 nitrogen and oxygen atoms in total. The van der Waals surface area contributed by atoms with Gasteiger partial charge in [-0.1, -0.05) is 12.2 Å². The van der Waals surface area contributed by atoms with Gasteiger partial charge in [-0.25, -0.2) is 0 Å². The van der Waals surface area contributed by atoms with Gasteiger partial charge in [0.15, 0.2) is 0 Å². The number of methoxy groups -OCH3 is 2. The van der Waals surface area contributed by atoms with Gasteiger partial charge in [-0.2, -0.15) is 0 Å². The first-order valence-electron chi connectivity index (χ1n) is 4.73. The fourth-order valence-corrected chi connectivity index (χ4v) is 1.35. The molecule has 0 bridgehead atoms. The summed E-state index contributed by atoms with van der Waals surface area (Å²) in [5.74, 6) is 1.52. The van der Waals surface area contributed by atoms with Gasteiger partial charge >= 0.3 is 0 Å². The van der Waals surface area contributed by atoms with Gasteiger partial charge in [0.05, 0.1) is 20.3 Å². The van der Waals surface area contributed by atoms with Gasteiger partial charge in [-0.15, -0.1) is 0 Å². The first-order valence-corrected chi connectivity index (χ1v) is 4.73. The molecule has 3 heteroatoms. The van der Waals surface area contributed by atoms with Crippen LogP contribution in [0.1, 0.15) is 18.5 Å². The summed E-state index contributed by atoms with van der Waals surface area (Å²) in [7, 11) is 3.24. The van der Waals surface area contributed by atoms with E-state index >= 15 is 0 Å². The van der Waals surface area contributed by atoms with E-state index in [1.165, 1.54) is 0 Å². The van der Waals surface area contributed by atoms with E-state index in [2.05, 4.69) is 6.58 Å². The van der Waals surface area contributed by atoms with Crippen molar-refractivity contribution in [3.8, 4) is 11.5 Å². The highest BCUT2D eigenvalue weighted by molar-refractivity contribution is 5.44. The van der Waals surface area contributed by atoms with Crippen molar-refractivity contribution < 1.29 is 9.47 Å². The lowest BCUT2D eigenvalue weighted by atomic mass is 10.0. The summed E-state index contributed by atoms with van der Waals surface area (Å²) in [6.07, 6.45) is 0. The lowest BCUT2D eigenvalue weighted by Crippen LogP contribution is -2.12. The zero-order valence-electron chi connectivity index (χ0n) is 9.41. The fourth-order valence-electron chi connectivity index (χ4n) is 1.35. The Morgan fingerprint density at radius 1 is 1.33 bits per heavy atom. The highest BCUT2D eigenvalue weighted by Crippen LogP contribution is 2.30. The summed E-state index contributed by atoms with van der Waals surface area (Å²) in [6, 6.07) is 5.33. The van der Waals surface area contributed by atoms with Crippen LogP contribution in [0.25, 0.3) is 0 Å². The number of hydrogen-bond acceptors (Lipinski definition) is 3. The van der Waals surface area contributed by atoms with Gasteiger partial charge in [-0.05, 0) is 25.1 Å². The molecule has 0 fully saturated rings. The monoisotopic (exact) mass is 207 g/mol. The molecular weight excluding hydrogens is 190 g/mol. The van der Waals surface area contributed by atoms with Crippen molar-refractivity contribution in [3.05, 3.63) is 35.9 Å². The molecule has 1 atom stereocenters. The second kappa shape index (κ2) is 4.84. The molecule has 0 aliphatic carbocycles. The summed E-state index contributed by atoms with van der Waals surface area (Å²) in [5, 5.41) is 0. The van der Waals surface area contributed by atoms with Gasteiger partial charge in [0, 0.05) is 5.56 Å². The predicted octanol–water partition coefficient (Wildman–Crippen LogP) is 2.28. The van der Waals surface area contributed by atoms with Crippen molar-refractivity contribution in [2.75, 3.05) is 14.2 Å². The van der Waals surface area contributed by atoms with Crippen LogP contribution in [-0.4, -0.2) is 14.2 Å². The second-order valence-corrected chi connectivity index (χ2v) is 3.43. The maximum atomic E-state index is 6.00. The molecule has 0 heterocycles. The standard InChI is InChI=1S/C12H17NO2/c1-8(2)12(13)10-7-9(14-3)5-6-11(10)15-4/h5-7,12H,1,13H2,2-4H3. The van der Waals surface area contributed by atoms with Crippen LogP contribution in [0.15, 0.2) is 30.4 Å². The Labute approximate surface area is 90.5 Å². The van der Waals surface area contributed by atoms with E-state index in [-0.39, 0.29) is 6.04 Å². The number of benzene rings is 1. The molecule has 0 amide bonds. The molecule has 0 aliphatic rings. The minimum Gasteiger partial charge on any atom is -0.497 e. The van der Waals surface area contributed by atoms with Crippen molar-refractivity contribution in [2.45, 2.75) is 13.0 Å². The van der Waals surface area contributed by atoms with Gasteiger partial charge in [0.2, 0.25) is 0 Å². The molecule has 1 rings (SSSR count). The zero-order valence-corrected chi connectivity index (χ0v) is 9.41. The minimum absolute atomic E-state index is 0.227. The largest absolute Gasteiger partial charge is 0.497 e. The Hall–Kier alpha value is -1.48. The molecule has 82 valence electrons. The van der Waals surface area contributed by atoms with E-state index in [4.69, 9.17) is 15.2 Å². The van der Waals surface area contributed by atoms with Crippen molar-refractivity contribution >= 4 is 0 Å². The smallest absolute Gasteiger partial charge is 0.124 e. The maximum Gasteiger partial charge on any atom is 0.124 e. The molecule has 0 spiro atoms. The molecule has 1 aromatic carbocycles. The van der Waals surface area contributed by atoms with E-state index < -0.39 is 0 Å². The van der Waals surface area contributed by atoms with Crippen LogP contribution < -0.4 is 15.2 Å². The van der Waals surface area contributed by atoms with E-state index in [1.54, 1.807) is 14.2 Å². The molecule has 15 heavy (non-hydrogen) atoms. The lowest BCUT2D eigenvalue weighted by molar-refractivity contribution is 0.397. The first kappa shape index (κ1) is 11.6. The van der Waals surface area contributed by atoms with Crippen LogP contribution in [0.5, 0.6) is 11.5 Å². The number of nitrogens with two attached hydrogens (primary N) is 1. The van der Waals surface area contributed by atoms with Gasteiger partial charge in [-0.3, -0.25) is 0 Å². The Balaban J connectivity index is 3.16. The normalized spacial score (nSPS) is 12.0. The summed E-state index contributed by atoms with van der Waals surface area (Å²) in [5.41, 5.74) is 7.79. The summed E-state index contributed by atoms with van der Waals surface area (Å²) < 4.78 is 10.4. The van der Waals surface area contributed by atoms with Crippen molar-refractivity contribution in [1.82, 2.24) is 0 Å². The van der Waals surface area contributed by atoms with Crippen LogP contribution in [-0.2, 0) is 0 Å². The molecule has 0 saturated carbocycles. The van der Waals surface area contributed by atoms with E-state index in [1.807, 2.05) is 25.1 Å². The minimum atomic E-state index is -0.227. The Morgan fingerprint density at radius 3 is 2.47 bits per heavy atom. The number of rotatable bonds is 4. The molecule has 0 saturated heterocycles. The SMILES string of the molecule is C=C(C)C(N)c1cc(OC)ccc1OC. The third-order valence-corrected chi connectivity index (χ3v) is 2.30. The predicted molar refractivity (Wildman–Crippen MR) is 61.3 cm³/mol. The molecule has 1 unspecified atom stereocenters. The summed E-state index contributed by atoms with van der Waals surface area (Å²) in [6.45, 7) is 5.73. The zero-order chi connectivity index (χ0) is 11.4. The van der Waals surface area contributed by atoms with Gasteiger partial charge in [0.1, 0.15) is 11.5 Å². The average Bonchev–Trinajstić information content (AvgIpc) is 2.27. The molecule has 0 aromatic heterocycles. The molecular formula is C12H17NO2. The topological polar surface area (TPSA) is 44.5 Å². The highest BCUT2D eigenvalue weighted by atomic mass is 16.5. The Kier molecular flexibility index (Phi) is 3.74. The summed E-state index contributed by atoms with van der Waals surface area (Å²) >= 11 is 0. The third kappa shape index (κ3) is 2.50. The van der Waals surface area contributed by atoms with E-state index in [0.717, 1.165) is 22.6 Å². The molecule has 2 N–H and O–H groups in total. The molecule has 0 radical (unpaired) electrons. The third-order valence-electron chi connectivity index (χ3n) is 2.30. The first-order chi connectivity index (χ1) is 7.10.